The van der Waals surface area contributed by atoms with Gasteiger partial charge in [-0.15, -0.1) is 0 Å². The van der Waals surface area contributed by atoms with Gasteiger partial charge < -0.3 is 15.4 Å². The van der Waals surface area contributed by atoms with Gasteiger partial charge >= 0.3 is 5.97 Å². The predicted molar refractivity (Wildman–Crippen MR) is 107 cm³/mol. The van der Waals surface area contributed by atoms with Crippen LogP contribution in [0.5, 0.6) is 0 Å². The van der Waals surface area contributed by atoms with E-state index >= 15 is 0 Å². The van der Waals surface area contributed by atoms with Crippen LogP contribution in [0.2, 0.25) is 0 Å². The van der Waals surface area contributed by atoms with Gasteiger partial charge in [0.15, 0.2) is 0 Å². The second kappa shape index (κ2) is 8.77. The molecule has 0 saturated carbocycles. The Morgan fingerprint density at radius 2 is 1.82 bits per heavy atom. The molecule has 7 heteroatoms. The number of aryl methyl sites for hydroxylation is 1. The molecule has 2 aromatic carbocycles. The molecule has 0 saturated heterocycles. The lowest BCUT2D eigenvalue weighted by molar-refractivity contribution is 0.0600. The highest BCUT2D eigenvalue weighted by Crippen LogP contribution is 2.16. The average Bonchev–Trinajstić information content (AvgIpc) is 2.74. The Morgan fingerprint density at radius 3 is 2.54 bits per heavy atom. The van der Waals surface area contributed by atoms with Gasteiger partial charge in [-0.05, 0) is 48.4 Å². The van der Waals surface area contributed by atoms with E-state index in [1.54, 1.807) is 24.3 Å². The lowest BCUT2D eigenvalue weighted by Crippen LogP contribution is -2.14. The minimum atomic E-state index is -0.438. The number of anilines is 3. The van der Waals surface area contributed by atoms with Gasteiger partial charge in [0, 0.05) is 17.6 Å². The maximum Gasteiger partial charge on any atom is 0.337 e. The molecule has 3 rings (SSSR count). The number of methoxy groups -OCH3 is 1. The number of benzene rings is 2. The Balaban J connectivity index is 1.72. The number of hydrogen-bond acceptors (Lipinski definition) is 6. The van der Waals surface area contributed by atoms with Crippen molar-refractivity contribution in [3.8, 4) is 0 Å². The molecule has 0 radical (unpaired) electrons. The van der Waals surface area contributed by atoms with Crippen molar-refractivity contribution in [2.75, 3.05) is 17.7 Å². The normalized spacial score (nSPS) is 10.2. The quantitative estimate of drug-likeness (QED) is 0.635. The van der Waals surface area contributed by atoms with Crippen LogP contribution in [0.4, 0.5) is 17.3 Å². The first-order valence-corrected chi connectivity index (χ1v) is 8.78. The Kier molecular flexibility index (Phi) is 5.96. The number of nitrogens with one attached hydrogen (secondary N) is 2. The van der Waals surface area contributed by atoms with Crippen molar-refractivity contribution in [3.05, 3.63) is 77.6 Å². The fourth-order valence-electron chi connectivity index (χ4n) is 2.54. The molecule has 0 bridgehead atoms. The smallest absolute Gasteiger partial charge is 0.337 e. The molecule has 0 fully saturated rings. The van der Waals surface area contributed by atoms with Gasteiger partial charge in [-0.3, -0.25) is 4.79 Å². The zero-order valence-corrected chi connectivity index (χ0v) is 15.6. The highest BCUT2D eigenvalue weighted by Gasteiger charge is 2.11. The first-order valence-electron chi connectivity index (χ1n) is 8.78. The lowest BCUT2D eigenvalue weighted by Gasteiger charge is -2.08. The number of aromatic nitrogens is 2. The number of nitrogens with zero attached hydrogens (tertiary/aromatic N) is 2. The molecule has 0 atom stereocenters. The molecule has 0 aliphatic rings. The summed E-state index contributed by atoms with van der Waals surface area (Å²) in [6, 6.07) is 15.9. The molecule has 7 nitrogen and oxygen atoms in total. The highest BCUT2D eigenvalue weighted by molar-refractivity contribution is 6.03. The summed E-state index contributed by atoms with van der Waals surface area (Å²) in [6.07, 6.45) is 2.43. The molecule has 3 aromatic rings. The minimum Gasteiger partial charge on any atom is -0.465 e. The fraction of sp³-hybridized carbons (Fsp3) is 0.143. The van der Waals surface area contributed by atoms with Crippen molar-refractivity contribution < 1.29 is 14.3 Å². The molecule has 0 aliphatic heterocycles. The number of esters is 1. The molecular formula is C21H20N4O3. The number of carbonyl (C=O) groups excluding carboxylic acids is 2. The third kappa shape index (κ3) is 4.70. The molecule has 1 heterocycles. The van der Waals surface area contributed by atoms with E-state index in [9.17, 15) is 9.59 Å². The van der Waals surface area contributed by atoms with Crippen molar-refractivity contribution >= 4 is 29.2 Å². The molecule has 2 N–H and O–H groups in total. The van der Waals surface area contributed by atoms with Crippen molar-refractivity contribution in [2.24, 2.45) is 0 Å². The minimum absolute atomic E-state index is 0.223. The van der Waals surface area contributed by atoms with Gasteiger partial charge in [0.2, 0.25) is 5.95 Å². The largest absolute Gasteiger partial charge is 0.465 e. The summed E-state index contributed by atoms with van der Waals surface area (Å²) in [7, 11) is 1.32. The van der Waals surface area contributed by atoms with Crippen LogP contribution in [0.1, 0.15) is 33.3 Å². The number of carbonyl (C=O) groups is 2. The van der Waals surface area contributed by atoms with Crippen LogP contribution in [0.15, 0.2) is 60.8 Å². The fourth-order valence-corrected chi connectivity index (χ4v) is 2.54. The van der Waals surface area contributed by atoms with Crippen LogP contribution >= 0.6 is 0 Å². The molecule has 0 spiro atoms. The maximum atomic E-state index is 12.5. The van der Waals surface area contributed by atoms with Gasteiger partial charge in [-0.2, -0.15) is 0 Å². The molecule has 1 amide bonds. The molecule has 142 valence electrons. The van der Waals surface area contributed by atoms with Crippen LogP contribution in [0.3, 0.4) is 0 Å². The Hall–Kier alpha value is -3.74. The predicted octanol–water partition coefficient (Wildman–Crippen LogP) is 3.82. The molecule has 0 aliphatic carbocycles. The molecule has 0 unspecified atom stereocenters. The average molecular weight is 376 g/mol. The monoisotopic (exact) mass is 376 g/mol. The number of amides is 1. The Morgan fingerprint density at radius 1 is 1.04 bits per heavy atom. The molecule has 1 aromatic heterocycles. The van der Waals surface area contributed by atoms with Gasteiger partial charge in [0.25, 0.3) is 5.91 Å². The lowest BCUT2D eigenvalue weighted by atomic mass is 10.1. The van der Waals surface area contributed by atoms with Gasteiger partial charge in [-0.25, -0.2) is 14.8 Å². The van der Waals surface area contributed by atoms with E-state index in [4.69, 9.17) is 4.74 Å². The summed E-state index contributed by atoms with van der Waals surface area (Å²) in [5, 5.41) is 5.80. The van der Waals surface area contributed by atoms with E-state index in [0.29, 0.717) is 16.9 Å². The topological polar surface area (TPSA) is 93.2 Å². The van der Waals surface area contributed by atoms with E-state index in [1.165, 1.54) is 24.9 Å². The van der Waals surface area contributed by atoms with E-state index in [1.807, 2.05) is 24.3 Å². The number of ether oxygens (including phenoxy) is 1. The first kappa shape index (κ1) is 19.0. The number of rotatable bonds is 6. The summed E-state index contributed by atoms with van der Waals surface area (Å²) in [5.74, 6) is -0.527. The van der Waals surface area contributed by atoms with E-state index in [0.717, 1.165) is 6.42 Å². The van der Waals surface area contributed by atoms with Crippen LogP contribution in [-0.4, -0.2) is 29.0 Å². The Bertz CT molecular complexity index is 987. The standard InChI is InChI=1S/C21H20N4O3/c1-3-14-7-9-16(10-8-14)23-19(26)18-11-12-22-21(25-18)24-17-6-4-5-15(13-17)20(27)28-2/h4-13H,3H2,1-2H3,(H,23,26)(H,22,24,25). The first-order chi connectivity index (χ1) is 13.6. The van der Waals surface area contributed by atoms with Crippen molar-refractivity contribution in [1.82, 2.24) is 9.97 Å². The maximum absolute atomic E-state index is 12.5. The summed E-state index contributed by atoms with van der Waals surface area (Å²) >= 11 is 0. The summed E-state index contributed by atoms with van der Waals surface area (Å²) in [6.45, 7) is 2.07. The number of hydrogen-bond donors (Lipinski definition) is 2. The second-order valence-corrected chi connectivity index (χ2v) is 5.97. The summed E-state index contributed by atoms with van der Waals surface area (Å²) < 4.78 is 4.71. The zero-order valence-electron chi connectivity index (χ0n) is 15.6. The molecular weight excluding hydrogens is 356 g/mol. The summed E-state index contributed by atoms with van der Waals surface area (Å²) in [4.78, 5) is 32.5. The van der Waals surface area contributed by atoms with E-state index < -0.39 is 5.97 Å². The third-order valence-corrected chi connectivity index (χ3v) is 4.05. The second-order valence-electron chi connectivity index (χ2n) is 5.97. The van der Waals surface area contributed by atoms with Crippen LogP contribution in [-0.2, 0) is 11.2 Å². The SMILES string of the molecule is CCc1ccc(NC(=O)c2ccnc(Nc3cccc(C(=O)OC)c3)n2)cc1. The Labute approximate surface area is 162 Å². The van der Waals surface area contributed by atoms with E-state index in [2.05, 4.69) is 27.5 Å². The zero-order chi connectivity index (χ0) is 19.9. The van der Waals surface area contributed by atoms with Gasteiger partial charge in [0.05, 0.1) is 12.7 Å². The highest BCUT2D eigenvalue weighted by atomic mass is 16.5. The van der Waals surface area contributed by atoms with Crippen LogP contribution in [0, 0.1) is 0 Å². The van der Waals surface area contributed by atoms with Crippen molar-refractivity contribution in [2.45, 2.75) is 13.3 Å². The van der Waals surface area contributed by atoms with Crippen LogP contribution in [0.25, 0.3) is 0 Å². The van der Waals surface area contributed by atoms with Gasteiger partial charge in [-0.1, -0.05) is 25.1 Å². The molecule has 28 heavy (non-hydrogen) atoms. The third-order valence-electron chi connectivity index (χ3n) is 4.05. The summed E-state index contributed by atoms with van der Waals surface area (Å²) in [5.41, 5.74) is 3.12. The van der Waals surface area contributed by atoms with E-state index in [-0.39, 0.29) is 17.5 Å². The van der Waals surface area contributed by atoms with Crippen LogP contribution < -0.4 is 10.6 Å². The van der Waals surface area contributed by atoms with Crippen molar-refractivity contribution in [1.29, 1.82) is 0 Å². The van der Waals surface area contributed by atoms with Crippen molar-refractivity contribution in [3.63, 3.8) is 0 Å². The van der Waals surface area contributed by atoms with Gasteiger partial charge in [0.1, 0.15) is 5.69 Å².